The quantitative estimate of drug-likeness (QED) is 0.659. The lowest BCUT2D eigenvalue weighted by Gasteiger charge is -2.10. The maximum atomic E-state index is 11.8. The molecule has 9 nitrogen and oxygen atoms in total. The summed E-state index contributed by atoms with van der Waals surface area (Å²) in [5, 5.41) is 18.7. The van der Waals surface area contributed by atoms with E-state index in [1.807, 2.05) is 0 Å². The third-order valence-electron chi connectivity index (χ3n) is 3.08. The first kappa shape index (κ1) is 15.4. The van der Waals surface area contributed by atoms with Crippen molar-refractivity contribution >= 4 is 21.7 Å². The number of amides is 1. The summed E-state index contributed by atoms with van der Waals surface area (Å²) in [6.45, 7) is -0.0728. The Bertz CT molecular complexity index is 639. The van der Waals surface area contributed by atoms with Crippen LogP contribution in [0.15, 0.2) is 6.20 Å². The average Bonchev–Trinajstić information content (AvgIpc) is 2.93. The molecule has 1 atom stereocenters. The summed E-state index contributed by atoms with van der Waals surface area (Å²) in [6.07, 6.45) is 2.13. The Hall–Kier alpha value is -1.97. The van der Waals surface area contributed by atoms with Crippen molar-refractivity contribution in [3.63, 3.8) is 0 Å². The number of hydrogen-bond donors (Lipinski definition) is 2. The van der Waals surface area contributed by atoms with Gasteiger partial charge in [0.05, 0.1) is 23.6 Å². The number of nitrogens with one attached hydrogen (secondary N) is 1. The summed E-state index contributed by atoms with van der Waals surface area (Å²) < 4.78 is 23.9. The number of rotatable bonds is 6. The second-order valence-electron chi connectivity index (χ2n) is 4.97. The Morgan fingerprint density at radius 3 is 2.86 bits per heavy atom. The van der Waals surface area contributed by atoms with Crippen molar-refractivity contribution in [1.29, 1.82) is 0 Å². The maximum absolute atomic E-state index is 11.8. The number of hydrogen-bond acceptors (Lipinski definition) is 6. The number of carboxylic acid groups (broad SMARTS) is 1. The molecule has 0 spiro atoms. The molecule has 1 fully saturated rings. The van der Waals surface area contributed by atoms with E-state index >= 15 is 0 Å². The van der Waals surface area contributed by atoms with Crippen molar-refractivity contribution < 1.29 is 23.1 Å². The highest BCUT2D eigenvalue weighted by molar-refractivity contribution is 7.91. The summed E-state index contributed by atoms with van der Waals surface area (Å²) in [5.41, 5.74) is 0.494. The largest absolute Gasteiger partial charge is 0.481 e. The van der Waals surface area contributed by atoms with E-state index in [-0.39, 0.29) is 42.8 Å². The van der Waals surface area contributed by atoms with E-state index in [0.717, 1.165) is 0 Å². The van der Waals surface area contributed by atoms with E-state index in [1.54, 1.807) is 0 Å². The van der Waals surface area contributed by atoms with Crippen molar-refractivity contribution in [3.8, 4) is 0 Å². The molecule has 2 N–H and O–H groups in total. The van der Waals surface area contributed by atoms with Crippen molar-refractivity contribution in [2.24, 2.45) is 0 Å². The van der Waals surface area contributed by atoms with Gasteiger partial charge in [-0.25, -0.2) is 13.1 Å². The van der Waals surface area contributed by atoms with Crippen LogP contribution in [-0.2, 0) is 32.4 Å². The lowest BCUT2D eigenvalue weighted by atomic mass is 10.2. The molecule has 0 aliphatic carbocycles. The first-order chi connectivity index (χ1) is 9.84. The fourth-order valence-corrected chi connectivity index (χ4v) is 3.77. The molecule has 2 rings (SSSR count). The molecule has 0 bridgehead atoms. The van der Waals surface area contributed by atoms with Crippen LogP contribution in [0.4, 0.5) is 0 Å². The van der Waals surface area contributed by atoms with Gasteiger partial charge in [-0.05, 0) is 6.42 Å². The zero-order valence-corrected chi connectivity index (χ0v) is 12.0. The van der Waals surface area contributed by atoms with Crippen LogP contribution < -0.4 is 5.32 Å². The topological polar surface area (TPSA) is 131 Å². The Balaban J connectivity index is 1.81. The van der Waals surface area contributed by atoms with E-state index in [2.05, 4.69) is 15.6 Å². The molecule has 1 aliphatic rings. The van der Waals surface area contributed by atoms with E-state index in [1.165, 1.54) is 10.9 Å². The molecule has 0 saturated carbocycles. The Morgan fingerprint density at radius 2 is 2.24 bits per heavy atom. The number of sulfone groups is 1. The highest BCUT2D eigenvalue weighted by Crippen LogP contribution is 2.11. The van der Waals surface area contributed by atoms with Gasteiger partial charge in [-0.1, -0.05) is 5.21 Å². The molecular formula is C11H16N4O5S. The van der Waals surface area contributed by atoms with Gasteiger partial charge < -0.3 is 10.4 Å². The van der Waals surface area contributed by atoms with E-state index in [0.29, 0.717) is 12.1 Å². The minimum atomic E-state index is -3.03. The number of carboxylic acids is 1. The molecule has 1 unspecified atom stereocenters. The molecule has 116 valence electrons. The van der Waals surface area contributed by atoms with Gasteiger partial charge >= 0.3 is 5.97 Å². The number of aryl methyl sites for hydroxylation is 1. The van der Waals surface area contributed by atoms with Crippen molar-refractivity contribution in [3.05, 3.63) is 11.9 Å². The summed E-state index contributed by atoms with van der Waals surface area (Å²) in [4.78, 5) is 22.2. The molecule has 2 heterocycles. The van der Waals surface area contributed by atoms with Crippen LogP contribution >= 0.6 is 0 Å². The molecule has 10 heteroatoms. The van der Waals surface area contributed by atoms with Gasteiger partial charge in [-0.3, -0.25) is 9.59 Å². The first-order valence-electron chi connectivity index (χ1n) is 6.45. The lowest BCUT2D eigenvalue weighted by molar-refractivity contribution is -0.137. The summed E-state index contributed by atoms with van der Waals surface area (Å²) in [7, 11) is -3.03. The first-order valence-corrected chi connectivity index (χ1v) is 8.27. The van der Waals surface area contributed by atoms with Gasteiger partial charge in [0, 0.05) is 18.7 Å². The van der Waals surface area contributed by atoms with E-state index < -0.39 is 15.8 Å². The molecule has 1 saturated heterocycles. The number of nitrogens with zero attached hydrogens (tertiary/aromatic N) is 3. The number of aromatic nitrogens is 3. The minimum absolute atomic E-state index is 0.0278. The van der Waals surface area contributed by atoms with Gasteiger partial charge in [0.1, 0.15) is 6.54 Å². The molecular weight excluding hydrogens is 300 g/mol. The number of carbonyl (C=O) groups is 2. The molecule has 21 heavy (non-hydrogen) atoms. The summed E-state index contributed by atoms with van der Waals surface area (Å²) in [5.74, 6) is -1.20. The second kappa shape index (κ2) is 6.20. The number of carbonyl (C=O) groups excluding carboxylic acids is 1. The standard InChI is InChI=1S/C11H16N4O5S/c16-10(12-9-3-4-21(19,20)7-9)6-15-5-8(13-14-15)1-2-11(17)18/h5,9H,1-4,6-7H2,(H,12,16)(H,17,18). The van der Waals surface area contributed by atoms with Crippen molar-refractivity contribution in [2.75, 3.05) is 11.5 Å². The van der Waals surface area contributed by atoms with Crippen LogP contribution in [-0.4, -0.2) is 57.9 Å². The predicted octanol–water partition coefficient (Wildman–Crippen LogP) is -1.40. The van der Waals surface area contributed by atoms with Crippen molar-refractivity contribution in [1.82, 2.24) is 20.3 Å². The molecule has 1 amide bonds. The van der Waals surface area contributed by atoms with Gasteiger partial charge in [0.15, 0.2) is 9.84 Å². The van der Waals surface area contributed by atoms with Crippen LogP contribution in [0.2, 0.25) is 0 Å². The minimum Gasteiger partial charge on any atom is -0.481 e. The predicted molar refractivity (Wildman–Crippen MR) is 71.2 cm³/mol. The van der Waals surface area contributed by atoms with Crippen LogP contribution in [0.5, 0.6) is 0 Å². The molecule has 1 aromatic rings. The number of aliphatic carboxylic acids is 1. The van der Waals surface area contributed by atoms with Crippen LogP contribution in [0.3, 0.4) is 0 Å². The maximum Gasteiger partial charge on any atom is 0.303 e. The molecule has 0 radical (unpaired) electrons. The van der Waals surface area contributed by atoms with E-state index in [4.69, 9.17) is 5.11 Å². The SMILES string of the molecule is O=C(O)CCc1cn(CC(=O)NC2CCS(=O)(=O)C2)nn1. The average molecular weight is 316 g/mol. The highest BCUT2D eigenvalue weighted by atomic mass is 32.2. The van der Waals surface area contributed by atoms with Crippen LogP contribution in [0.1, 0.15) is 18.5 Å². The zero-order valence-electron chi connectivity index (χ0n) is 11.2. The Kier molecular flexibility index (Phi) is 4.56. The molecule has 1 aliphatic heterocycles. The van der Waals surface area contributed by atoms with Crippen molar-refractivity contribution in [2.45, 2.75) is 31.8 Å². The molecule has 0 aromatic carbocycles. The monoisotopic (exact) mass is 316 g/mol. The normalized spacial score (nSPS) is 20.3. The van der Waals surface area contributed by atoms with Crippen LogP contribution in [0, 0.1) is 0 Å². The van der Waals surface area contributed by atoms with Gasteiger partial charge in [-0.2, -0.15) is 0 Å². The van der Waals surface area contributed by atoms with E-state index in [9.17, 15) is 18.0 Å². The Morgan fingerprint density at radius 1 is 1.48 bits per heavy atom. The zero-order chi connectivity index (χ0) is 15.5. The van der Waals surface area contributed by atoms with Gasteiger partial charge in [-0.15, -0.1) is 5.10 Å². The van der Waals surface area contributed by atoms with Crippen LogP contribution in [0.25, 0.3) is 0 Å². The third kappa shape index (κ3) is 4.81. The van der Waals surface area contributed by atoms with Gasteiger partial charge in [0.2, 0.25) is 5.91 Å². The third-order valence-corrected chi connectivity index (χ3v) is 4.85. The second-order valence-corrected chi connectivity index (χ2v) is 7.20. The summed E-state index contributed by atoms with van der Waals surface area (Å²) in [6, 6.07) is -0.350. The van der Waals surface area contributed by atoms with Gasteiger partial charge in [0.25, 0.3) is 0 Å². The Labute approximate surface area is 121 Å². The fourth-order valence-electron chi connectivity index (χ4n) is 2.09. The smallest absolute Gasteiger partial charge is 0.303 e. The lowest BCUT2D eigenvalue weighted by Crippen LogP contribution is -2.37. The highest BCUT2D eigenvalue weighted by Gasteiger charge is 2.28. The fraction of sp³-hybridized carbons (Fsp3) is 0.636. The summed E-state index contributed by atoms with van der Waals surface area (Å²) >= 11 is 0. The molecule has 1 aromatic heterocycles.